The van der Waals surface area contributed by atoms with Crippen LogP contribution in [0.1, 0.15) is 11.3 Å². The number of hydrogen-bond donors (Lipinski definition) is 2. The zero-order valence-corrected chi connectivity index (χ0v) is 9.41. The molecule has 0 amide bonds. The number of aryl methyl sites for hydroxylation is 1. The van der Waals surface area contributed by atoms with E-state index in [9.17, 15) is 4.79 Å². The van der Waals surface area contributed by atoms with Crippen molar-refractivity contribution in [1.82, 2.24) is 9.97 Å². The standard InChI is InChI=1S/C10H10N4OS/c1-7-4-9(15)13-10(12-7)14-11-5-8-2-3-16-6-8/h2-6H,1H3,(H2,12,13,14,15). The first kappa shape index (κ1) is 10.6. The van der Waals surface area contributed by atoms with Crippen LogP contribution in [0.4, 0.5) is 5.95 Å². The number of hydrogen-bond acceptors (Lipinski definition) is 5. The van der Waals surface area contributed by atoms with Crippen LogP contribution in [0.25, 0.3) is 0 Å². The van der Waals surface area contributed by atoms with Crippen molar-refractivity contribution in [3.63, 3.8) is 0 Å². The predicted molar refractivity (Wildman–Crippen MR) is 65.1 cm³/mol. The molecule has 2 aromatic heterocycles. The zero-order valence-electron chi connectivity index (χ0n) is 8.60. The van der Waals surface area contributed by atoms with E-state index >= 15 is 0 Å². The van der Waals surface area contributed by atoms with Crippen LogP contribution in [0.3, 0.4) is 0 Å². The van der Waals surface area contributed by atoms with E-state index < -0.39 is 0 Å². The fourth-order valence-electron chi connectivity index (χ4n) is 1.15. The van der Waals surface area contributed by atoms with Gasteiger partial charge in [0.05, 0.1) is 6.21 Å². The summed E-state index contributed by atoms with van der Waals surface area (Å²) in [6, 6.07) is 3.37. The summed E-state index contributed by atoms with van der Waals surface area (Å²) in [7, 11) is 0. The summed E-state index contributed by atoms with van der Waals surface area (Å²) in [6.07, 6.45) is 1.67. The third-order valence-corrected chi connectivity index (χ3v) is 2.50. The van der Waals surface area contributed by atoms with Crippen molar-refractivity contribution in [2.45, 2.75) is 6.92 Å². The highest BCUT2D eigenvalue weighted by Gasteiger charge is 1.94. The van der Waals surface area contributed by atoms with Gasteiger partial charge in [0.25, 0.3) is 5.56 Å². The fraction of sp³-hybridized carbons (Fsp3) is 0.100. The van der Waals surface area contributed by atoms with E-state index in [1.54, 1.807) is 24.5 Å². The molecule has 0 saturated carbocycles. The lowest BCUT2D eigenvalue weighted by Crippen LogP contribution is -2.10. The van der Waals surface area contributed by atoms with Crippen molar-refractivity contribution in [2.75, 3.05) is 5.43 Å². The number of rotatable bonds is 3. The second-order valence-electron chi connectivity index (χ2n) is 3.16. The Morgan fingerprint density at radius 3 is 3.19 bits per heavy atom. The van der Waals surface area contributed by atoms with Crippen molar-refractivity contribution in [3.05, 3.63) is 44.5 Å². The lowest BCUT2D eigenvalue weighted by Gasteiger charge is -1.98. The summed E-state index contributed by atoms with van der Waals surface area (Å²) in [6.45, 7) is 1.75. The Hall–Kier alpha value is -1.95. The molecule has 6 heteroatoms. The van der Waals surface area contributed by atoms with Gasteiger partial charge in [-0.3, -0.25) is 9.78 Å². The number of hydrazone groups is 1. The quantitative estimate of drug-likeness (QED) is 0.625. The molecule has 0 spiro atoms. The Kier molecular flexibility index (Phi) is 3.11. The molecule has 2 heterocycles. The average Bonchev–Trinajstić information content (AvgIpc) is 2.69. The summed E-state index contributed by atoms with van der Waals surface area (Å²) >= 11 is 1.60. The van der Waals surface area contributed by atoms with Gasteiger partial charge in [-0.15, -0.1) is 0 Å². The van der Waals surface area contributed by atoms with Gasteiger partial charge in [0.2, 0.25) is 5.95 Å². The number of aromatic nitrogens is 2. The van der Waals surface area contributed by atoms with Gasteiger partial charge >= 0.3 is 0 Å². The maximum absolute atomic E-state index is 11.1. The molecule has 0 aliphatic heterocycles. The van der Waals surface area contributed by atoms with Crippen LogP contribution in [0, 0.1) is 6.92 Å². The van der Waals surface area contributed by atoms with Crippen molar-refractivity contribution in [3.8, 4) is 0 Å². The van der Waals surface area contributed by atoms with Crippen LogP contribution in [0.2, 0.25) is 0 Å². The Morgan fingerprint density at radius 1 is 1.62 bits per heavy atom. The van der Waals surface area contributed by atoms with E-state index in [1.807, 2.05) is 16.8 Å². The lowest BCUT2D eigenvalue weighted by atomic mass is 10.4. The second kappa shape index (κ2) is 4.71. The van der Waals surface area contributed by atoms with Crippen molar-refractivity contribution in [1.29, 1.82) is 0 Å². The number of H-pyrrole nitrogens is 1. The fourth-order valence-corrected chi connectivity index (χ4v) is 1.76. The first-order valence-corrected chi connectivity index (χ1v) is 5.57. The van der Waals surface area contributed by atoms with Crippen LogP contribution in [-0.2, 0) is 0 Å². The van der Waals surface area contributed by atoms with Crippen molar-refractivity contribution < 1.29 is 0 Å². The molecule has 0 bridgehead atoms. The number of aromatic amines is 1. The molecule has 5 nitrogen and oxygen atoms in total. The summed E-state index contributed by atoms with van der Waals surface area (Å²) < 4.78 is 0. The minimum atomic E-state index is -0.194. The SMILES string of the molecule is Cc1cc(=O)[nH]c(NN=Cc2ccsc2)n1. The summed E-state index contributed by atoms with van der Waals surface area (Å²) in [4.78, 5) is 17.7. The van der Waals surface area contributed by atoms with E-state index in [2.05, 4.69) is 20.5 Å². The molecule has 0 atom stereocenters. The summed E-state index contributed by atoms with van der Waals surface area (Å²) in [5, 5.41) is 7.90. The molecule has 0 unspecified atom stereocenters. The molecule has 0 saturated heterocycles. The molecule has 0 aliphatic rings. The minimum absolute atomic E-state index is 0.194. The molecule has 2 aromatic rings. The van der Waals surface area contributed by atoms with Crippen molar-refractivity contribution >= 4 is 23.5 Å². The molecule has 16 heavy (non-hydrogen) atoms. The van der Waals surface area contributed by atoms with E-state index in [4.69, 9.17) is 0 Å². The van der Waals surface area contributed by atoms with Crippen LogP contribution in [0.5, 0.6) is 0 Å². The van der Waals surface area contributed by atoms with Gasteiger partial charge < -0.3 is 0 Å². The molecule has 0 aliphatic carbocycles. The third kappa shape index (κ3) is 2.77. The number of nitrogens with one attached hydrogen (secondary N) is 2. The van der Waals surface area contributed by atoms with Gasteiger partial charge in [0.1, 0.15) is 0 Å². The van der Waals surface area contributed by atoms with Crippen LogP contribution >= 0.6 is 11.3 Å². The Bertz CT molecular complexity index is 544. The summed E-state index contributed by atoms with van der Waals surface area (Å²) in [5.41, 5.74) is 4.14. The molecule has 0 aromatic carbocycles. The van der Waals surface area contributed by atoms with Crippen LogP contribution < -0.4 is 11.0 Å². The first-order chi connectivity index (χ1) is 7.74. The topological polar surface area (TPSA) is 70.1 Å². The van der Waals surface area contributed by atoms with Crippen molar-refractivity contribution in [2.24, 2.45) is 5.10 Å². The Morgan fingerprint density at radius 2 is 2.50 bits per heavy atom. The van der Waals surface area contributed by atoms with E-state index in [0.717, 1.165) is 5.56 Å². The zero-order chi connectivity index (χ0) is 11.4. The monoisotopic (exact) mass is 234 g/mol. The van der Waals surface area contributed by atoms with Crippen LogP contribution in [-0.4, -0.2) is 16.2 Å². The van der Waals surface area contributed by atoms with E-state index in [0.29, 0.717) is 11.6 Å². The third-order valence-electron chi connectivity index (χ3n) is 1.80. The molecular weight excluding hydrogens is 224 g/mol. The van der Waals surface area contributed by atoms with Gasteiger partial charge in [-0.25, -0.2) is 10.4 Å². The molecule has 2 N–H and O–H groups in total. The van der Waals surface area contributed by atoms with Gasteiger partial charge in [-0.1, -0.05) is 0 Å². The lowest BCUT2D eigenvalue weighted by molar-refractivity contribution is 1.04. The molecular formula is C10H10N4OS. The maximum Gasteiger partial charge on any atom is 0.252 e. The number of anilines is 1. The number of thiophene rings is 1. The number of nitrogens with zero attached hydrogens (tertiary/aromatic N) is 2. The predicted octanol–water partition coefficient (Wildman–Crippen LogP) is 1.59. The largest absolute Gasteiger partial charge is 0.291 e. The Labute approximate surface area is 95.9 Å². The molecule has 0 radical (unpaired) electrons. The molecule has 82 valence electrons. The minimum Gasteiger partial charge on any atom is -0.291 e. The van der Waals surface area contributed by atoms with Gasteiger partial charge in [-0.2, -0.15) is 16.4 Å². The Balaban J connectivity index is 2.07. The van der Waals surface area contributed by atoms with Crippen LogP contribution in [0.15, 0.2) is 32.8 Å². The van der Waals surface area contributed by atoms with Gasteiger partial charge in [0, 0.05) is 17.3 Å². The highest BCUT2D eigenvalue weighted by atomic mass is 32.1. The van der Waals surface area contributed by atoms with E-state index in [-0.39, 0.29) is 5.56 Å². The molecule has 2 rings (SSSR count). The first-order valence-electron chi connectivity index (χ1n) is 4.63. The van der Waals surface area contributed by atoms with Gasteiger partial charge in [-0.05, 0) is 23.8 Å². The molecule has 0 fully saturated rings. The maximum atomic E-state index is 11.1. The highest BCUT2D eigenvalue weighted by Crippen LogP contribution is 2.02. The van der Waals surface area contributed by atoms with E-state index in [1.165, 1.54) is 6.07 Å². The summed E-state index contributed by atoms with van der Waals surface area (Å²) in [5.74, 6) is 0.344. The average molecular weight is 234 g/mol. The second-order valence-corrected chi connectivity index (χ2v) is 3.94. The smallest absolute Gasteiger partial charge is 0.252 e. The van der Waals surface area contributed by atoms with Gasteiger partial charge in [0.15, 0.2) is 0 Å². The highest BCUT2D eigenvalue weighted by molar-refractivity contribution is 7.08. The normalized spacial score (nSPS) is 10.8.